The van der Waals surface area contributed by atoms with Crippen molar-refractivity contribution in [1.82, 2.24) is 19.8 Å². The van der Waals surface area contributed by atoms with Gasteiger partial charge in [0, 0.05) is 12.1 Å². The minimum absolute atomic E-state index is 0.198. The maximum Gasteiger partial charge on any atom is 0.340 e. The van der Waals surface area contributed by atoms with Gasteiger partial charge in [-0.05, 0) is 33.4 Å². The number of nitrogens with zero attached hydrogens (tertiary/aromatic N) is 2. The zero-order valence-corrected chi connectivity index (χ0v) is 12.1. The number of sulfonamides is 1. The van der Waals surface area contributed by atoms with Crippen LogP contribution in [0.3, 0.4) is 0 Å². The minimum Gasteiger partial charge on any atom is -0.478 e. The van der Waals surface area contributed by atoms with Gasteiger partial charge in [0.15, 0.2) is 5.03 Å². The third-order valence-electron chi connectivity index (χ3n) is 3.63. The van der Waals surface area contributed by atoms with E-state index in [2.05, 4.69) is 19.8 Å². The van der Waals surface area contributed by atoms with Crippen molar-refractivity contribution in [3.05, 3.63) is 11.8 Å². The molecular weight excluding hydrogens is 284 g/mol. The number of aromatic carboxylic acids is 1. The summed E-state index contributed by atoms with van der Waals surface area (Å²) in [6, 6.07) is 0.0771. The fourth-order valence-electron chi connectivity index (χ4n) is 2.31. The number of likely N-dealkylation sites (tertiary alicyclic amines) is 1. The molecule has 0 aliphatic carbocycles. The first-order valence-electron chi connectivity index (χ1n) is 6.30. The van der Waals surface area contributed by atoms with E-state index in [1.54, 1.807) is 0 Å². The molecule has 1 aromatic rings. The number of aromatic amines is 1. The van der Waals surface area contributed by atoms with Gasteiger partial charge in [0.05, 0.1) is 6.20 Å². The van der Waals surface area contributed by atoms with E-state index in [4.69, 9.17) is 5.11 Å². The average molecular weight is 302 g/mol. The first-order valence-corrected chi connectivity index (χ1v) is 7.79. The van der Waals surface area contributed by atoms with Gasteiger partial charge in [0.1, 0.15) is 5.56 Å². The lowest BCUT2D eigenvalue weighted by Gasteiger charge is -2.35. The number of rotatable bonds is 4. The second kappa shape index (κ2) is 5.51. The maximum atomic E-state index is 12.2. The molecule has 2 atom stereocenters. The number of hydrogen-bond donors (Lipinski definition) is 3. The van der Waals surface area contributed by atoms with Crippen LogP contribution in [0.15, 0.2) is 11.2 Å². The molecule has 0 radical (unpaired) electrons. The van der Waals surface area contributed by atoms with Crippen molar-refractivity contribution in [3.63, 3.8) is 0 Å². The van der Waals surface area contributed by atoms with Crippen molar-refractivity contribution in [2.75, 3.05) is 13.6 Å². The first-order chi connectivity index (χ1) is 9.31. The third-order valence-corrected chi connectivity index (χ3v) is 5.13. The quantitative estimate of drug-likeness (QED) is 0.713. The zero-order valence-electron chi connectivity index (χ0n) is 11.3. The Morgan fingerprint density at radius 3 is 2.90 bits per heavy atom. The summed E-state index contributed by atoms with van der Waals surface area (Å²) in [6.07, 6.45) is 2.37. The molecule has 0 amide bonds. The largest absolute Gasteiger partial charge is 0.478 e. The van der Waals surface area contributed by atoms with E-state index >= 15 is 0 Å². The Bertz CT molecular complexity index is 597. The van der Waals surface area contributed by atoms with E-state index in [0.29, 0.717) is 12.8 Å². The van der Waals surface area contributed by atoms with Crippen LogP contribution < -0.4 is 4.72 Å². The van der Waals surface area contributed by atoms with E-state index in [1.807, 2.05) is 14.0 Å². The number of carboxylic acids is 1. The lowest BCUT2D eigenvalue weighted by molar-refractivity contribution is 0.0692. The number of carboxylic acid groups (broad SMARTS) is 1. The molecule has 1 saturated heterocycles. The van der Waals surface area contributed by atoms with Crippen molar-refractivity contribution < 1.29 is 18.3 Å². The highest BCUT2D eigenvalue weighted by molar-refractivity contribution is 7.89. The highest BCUT2D eigenvalue weighted by Crippen LogP contribution is 2.19. The number of carbonyl (C=O) groups is 1. The number of hydrogen-bond acceptors (Lipinski definition) is 5. The van der Waals surface area contributed by atoms with Crippen molar-refractivity contribution in [1.29, 1.82) is 0 Å². The van der Waals surface area contributed by atoms with Gasteiger partial charge >= 0.3 is 5.97 Å². The Morgan fingerprint density at radius 2 is 2.30 bits per heavy atom. The number of piperidine rings is 1. The van der Waals surface area contributed by atoms with Gasteiger partial charge in [0.25, 0.3) is 10.0 Å². The van der Waals surface area contributed by atoms with E-state index in [0.717, 1.165) is 12.7 Å². The van der Waals surface area contributed by atoms with Crippen LogP contribution in [0.25, 0.3) is 0 Å². The molecule has 0 saturated carbocycles. The maximum absolute atomic E-state index is 12.2. The Balaban J connectivity index is 2.15. The van der Waals surface area contributed by atoms with Crippen molar-refractivity contribution in [3.8, 4) is 0 Å². The zero-order chi connectivity index (χ0) is 14.9. The van der Waals surface area contributed by atoms with Gasteiger partial charge in [-0.1, -0.05) is 0 Å². The molecule has 9 heteroatoms. The highest BCUT2D eigenvalue weighted by atomic mass is 32.2. The van der Waals surface area contributed by atoms with Crippen LogP contribution >= 0.6 is 0 Å². The van der Waals surface area contributed by atoms with Gasteiger partial charge in [-0.2, -0.15) is 5.10 Å². The summed E-state index contributed by atoms with van der Waals surface area (Å²) in [5.41, 5.74) is -0.349. The van der Waals surface area contributed by atoms with E-state index in [1.165, 1.54) is 0 Å². The Hall–Kier alpha value is -1.45. The van der Waals surface area contributed by atoms with Crippen LogP contribution in [0.1, 0.15) is 30.1 Å². The van der Waals surface area contributed by atoms with Crippen LogP contribution in [0.4, 0.5) is 0 Å². The van der Waals surface area contributed by atoms with Crippen molar-refractivity contribution in [2.45, 2.75) is 36.9 Å². The second-order valence-electron chi connectivity index (χ2n) is 5.09. The molecule has 2 unspecified atom stereocenters. The van der Waals surface area contributed by atoms with Gasteiger partial charge in [-0.3, -0.25) is 5.10 Å². The van der Waals surface area contributed by atoms with Gasteiger partial charge in [-0.25, -0.2) is 17.9 Å². The lowest BCUT2D eigenvalue weighted by Crippen LogP contribution is -2.47. The van der Waals surface area contributed by atoms with E-state index in [9.17, 15) is 13.2 Å². The molecule has 1 aliphatic heterocycles. The molecule has 0 aromatic carbocycles. The van der Waals surface area contributed by atoms with Gasteiger partial charge in [0.2, 0.25) is 0 Å². The molecule has 2 rings (SSSR count). The molecule has 20 heavy (non-hydrogen) atoms. The summed E-state index contributed by atoms with van der Waals surface area (Å²) < 4.78 is 27.0. The number of nitrogens with one attached hydrogen (secondary N) is 2. The summed E-state index contributed by atoms with van der Waals surface area (Å²) in [7, 11) is -1.91. The topological polar surface area (TPSA) is 115 Å². The fraction of sp³-hybridized carbons (Fsp3) is 0.636. The lowest BCUT2D eigenvalue weighted by atomic mass is 10.0. The predicted molar refractivity (Wildman–Crippen MR) is 71.0 cm³/mol. The SMILES string of the molecule is CC1CC(NS(=O)(=O)c2[nH]ncc2C(=O)O)CCN1C. The smallest absolute Gasteiger partial charge is 0.340 e. The van der Waals surface area contributed by atoms with E-state index in [-0.39, 0.29) is 17.6 Å². The average Bonchev–Trinajstić information content (AvgIpc) is 2.83. The Morgan fingerprint density at radius 1 is 1.60 bits per heavy atom. The van der Waals surface area contributed by atoms with Crippen LogP contribution in [-0.2, 0) is 10.0 Å². The fourth-order valence-corrected chi connectivity index (χ4v) is 3.68. The molecule has 3 N–H and O–H groups in total. The Labute approximate surface area is 117 Å². The van der Waals surface area contributed by atoms with Gasteiger partial charge < -0.3 is 10.0 Å². The van der Waals surface area contributed by atoms with Crippen molar-refractivity contribution in [2.24, 2.45) is 0 Å². The predicted octanol–water partition coefficient (Wildman–Crippen LogP) is -0.131. The summed E-state index contributed by atoms with van der Waals surface area (Å²) in [4.78, 5) is 13.1. The third kappa shape index (κ3) is 3.00. The number of H-pyrrole nitrogens is 1. The van der Waals surface area contributed by atoms with Crippen molar-refractivity contribution >= 4 is 16.0 Å². The Kier molecular flexibility index (Phi) is 4.11. The molecule has 2 heterocycles. The molecule has 1 aliphatic rings. The molecule has 0 spiro atoms. The van der Waals surface area contributed by atoms with Crippen LogP contribution in [-0.4, -0.2) is 60.3 Å². The summed E-state index contributed by atoms with van der Waals surface area (Å²) in [5, 5.41) is 14.3. The van der Waals surface area contributed by atoms with Crippen LogP contribution in [0, 0.1) is 0 Å². The second-order valence-corrected chi connectivity index (χ2v) is 6.74. The molecule has 1 fully saturated rings. The molecule has 0 bridgehead atoms. The van der Waals surface area contributed by atoms with E-state index < -0.39 is 21.0 Å². The highest BCUT2D eigenvalue weighted by Gasteiger charge is 2.30. The summed E-state index contributed by atoms with van der Waals surface area (Å²) in [6.45, 7) is 2.82. The summed E-state index contributed by atoms with van der Waals surface area (Å²) >= 11 is 0. The molecule has 8 nitrogen and oxygen atoms in total. The first kappa shape index (κ1) is 14.9. The summed E-state index contributed by atoms with van der Waals surface area (Å²) in [5.74, 6) is -1.32. The minimum atomic E-state index is -3.90. The van der Waals surface area contributed by atoms with Gasteiger partial charge in [-0.15, -0.1) is 0 Å². The molecule has 1 aromatic heterocycles. The monoisotopic (exact) mass is 302 g/mol. The molecular formula is C11H18N4O4S. The normalized spacial score (nSPS) is 24.7. The standard InChI is InChI=1S/C11H18N4O4S/c1-7-5-8(3-4-15(7)2)14-20(18,19)10-9(11(16)17)6-12-13-10/h6-8,14H,3-5H2,1-2H3,(H,12,13)(H,16,17). The molecule has 112 valence electrons. The van der Waals surface area contributed by atoms with Crippen LogP contribution in [0.5, 0.6) is 0 Å². The number of aromatic nitrogens is 2. The van der Waals surface area contributed by atoms with Crippen LogP contribution in [0.2, 0.25) is 0 Å².